The molecule has 9 heteroatoms. The van der Waals surface area contributed by atoms with E-state index < -0.39 is 23.4 Å². The molecule has 35 heavy (non-hydrogen) atoms. The molecule has 190 valence electrons. The van der Waals surface area contributed by atoms with Gasteiger partial charge in [-0.15, -0.1) is 0 Å². The molecule has 0 aliphatic carbocycles. The van der Waals surface area contributed by atoms with Crippen molar-refractivity contribution in [3.05, 3.63) is 53.2 Å². The first-order valence-electron chi connectivity index (χ1n) is 11.6. The van der Waals surface area contributed by atoms with E-state index in [1.54, 1.807) is 37.8 Å². The predicted octanol–water partition coefficient (Wildman–Crippen LogP) is 4.81. The molecule has 0 radical (unpaired) electrons. The van der Waals surface area contributed by atoms with Crippen molar-refractivity contribution in [1.82, 2.24) is 9.88 Å². The number of aliphatic carboxylic acids is 1. The lowest BCUT2D eigenvalue weighted by atomic mass is 9.69. The summed E-state index contributed by atoms with van der Waals surface area (Å²) in [5.74, 6) is -1.20. The van der Waals surface area contributed by atoms with E-state index in [1.807, 2.05) is 18.2 Å². The minimum absolute atomic E-state index is 0.179. The number of hydrogen-bond donors (Lipinski definition) is 2. The number of carbonyl (C=O) groups is 2. The molecule has 1 aromatic heterocycles. The highest BCUT2D eigenvalue weighted by Crippen LogP contribution is 2.41. The molecule has 2 N–H and O–H groups in total. The molecule has 1 aliphatic heterocycles. The van der Waals surface area contributed by atoms with Gasteiger partial charge in [-0.2, -0.15) is 8.78 Å². The van der Waals surface area contributed by atoms with Crippen molar-refractivity contribution in [1.29, 1.82) is 0 Å². The molecular weight excluding hydrogens is 456 g/mol. The van der Waals surface area contributed by atoms with Crippen LogP contribution in [0.4, 0.5) is 14.5 Å². The van der Waals surface area contributed by atoms with Crippen LogP contribution in [0, 0.1) is 12.3 Å². The van der Waals surface area contributed by atoms with Gasteiger partial charge in [0.1, 0.15) is 0 Å². The summed E-state index contributed by atoms with van der Waals surface area (Å²) in [6, 6.07) is 11.4. The van der Waals surface area contributed by atoms with Gasteiger partial charge in [0.05, 0.1) is 17.5 Å². The van der Waals surface area contributed by atoms with Gasteiger partial charge in [-0.25, -0.2) is 4.98 Å². The number of nitrogens with one attached hydrogen (secondary N) is 1. The standard InChI is InChI=1S/C26H33F2N3O4/c1-16(2)18-8-6-7-9-19(18)26(14-31(15-26)23(34)25(4,5)12-21(32)33)13-29-20-11-10-17(3)30-22(20)35-24(27)28/h6-11,16,24,29H,12-15H2,1-5H3,(H,32,33). The van der Waals surface area contributed by atoms with Gasteiger partial charge in [0.25, 0.3) is 0 Å². The number of benzene rings is 1. The molecule has 0 unspecified atom stereocenters. The molecule has 2 heterocycles. The smallest absolute Gasteiger partial charge is 0.388 e. The Hall–Kier alpha value is -3.23. The first-order chi connectivity index (χ1) is 16.3. The van der Waals surface area contributed by atoms with Crippen molar-refractivity contribution in [3.8, 4) is 5.88 Å². The third-order valence-corrected chi connectivity index (χ3v) is 6.42. The largest absolute Gasteiger partial charge is 0.481 e. The summed E-state index contributed by atoms with van der Waals surface area (Å²) in [5, 5.41) is 12.4. The van der Waals surface area contributed by atoms with Gasteiger partial charge < -0.3 is 20.1 Å². The molecule has 1 amide bonds. The van der Waals surface area contributed by atoms with Gasteiger partial charge in [-0.3, -0.25) is 9.59 Å². The minimum Gasteiger partial charge on any atom is -0.481 e. The average Bonchev–Trinajstić information content (AvgIpc) is 2.72. The number of hydrogen-bond acceptors (Lipinski definition) is 5. The Labute approximate surface area is 204 Å². The highest BCUT2D eigenvalue weighted by atomic mass is 19.3. The number of carbonyl (C=O) groups excluding carboxylic acids is 1. The van der Waals surface area contributed by atoms with Crippen molar-refractivity contribution in [3.63, 3.8) is 0 Å². The van der Waals surface area contributed by atoms with Gasteiger partial charge in [-0.05, 0) is 36.1 Å². The summed E-state index contributed by atoms with van der Waals surface area (Å²) >= 11 is 0. The maximum absolute atomic E-state index is 13.1. The predicted molar refractivity (Wildman–Crippen MR) is 129 cm³/mol. The summed E-state index contributed by atoms with van der Waals surface area (Å²) in [4.78, 5) is 30.2. The number of likely N-dealkylation sites (tertiary alicyclic amines) is 1. The number of alkyl halides is 2. The Morgan fingerprint density at radius 2 is 1.86 bits per heavy atom. The van der Waals surface area contributed by atoms with E-state index in [0.717, 1.165) is 11.1 Å². The summed E-state index contributed by atoms with van der Waals surface area (Å²) < 4.78 is 30.5. The Morgan fingerprint density at radius 1 is 1.20 bits per heavy atom. The van der Waals surface area contributed by atoms with Crippen LogP contribution in [0.25, 0.3) is 0 Å². The number of anilines is 1. The molecule has 1 fully saturated rings. The number of ether oxygens (including phenoxy) is 1. The molecule has 3 rings (SSSR count). The number of aromatic nitrogens is 1. The van der Waals surface area contributed by atoms with Crippen molar-refractivity contribution >= 4 is 17.6 Å². The SMILES string of the molecule is Cc1ccc(NCC2(c3ccccc3C(C)C)CN(C(=O)C(C)(C)CC(=O)O)C2)c(OC(F)F)n1. The van der Waals surface area contributed by atoms with Gasteiger partial charge in [0.2, 0.25) is 11.8 Å². The zero-order valence-electron chi connectivity index (χ0n) is 20.8. The fourth-order valence-electron chi connectivity index (χ4n) is 4.68. The van der Waals surface area contributed by atoms with Crippen LogP contribution in [0.15, 0.2) is 36.4 Å². The molecule has 1 aromatic carbocycles. The van der Waals surface area contributed by atoms with Crippen LogP contribution in [-0.2, 0) is 15.0 Å². The molecule has 1 saturated heterocycles. The van der Waals surface area contributed by atoms with E-state index in [2.05, 4.69) is 35.0 Å². The fraction of sp³-hybridized carbons (Fsp3) is 0.500. The number of carboxylic acid groups (broad SMARTS) is 1. The Balaban J connectivity index is 1.91. The van der Waals surface area contributed by atoms with Crippen LogP contribution in [0.2, 0.25) is 0 Å². The monoisotopic (exact) mass is 489 g/mol. The summed E-state index contributed by atoms with van der Waals surface area (Å²) in [6.45, 7) is 7.23. The number of pyridine rings is 1. The highest BCUT2D eigenvalue weighted by Gasteiger charge is 2.50. The minimum atomic E-state index is -3.01. The second kappa shape index (κ2) is 10.2. The van der Waals surface area contributed by atoms with Crippen LogP contribution < -0.4 is 10.1 Å². The number of halogens is 2. The maximum Gasteiger partial charge on any atom is 0.388 e. The van der Waals surface area contributed by atoms with E-state index in [0.29, 0.717) is 31.0 Å². The quantitative estimate of drug-likeness (QED) is 0.498. The van der Waals surface area contributed by atoms with E-state index >= 15 is 0 Å². The molecule has 2 aromatic rings. The molecule has 0 saturated carbocycles. The molecule has 0 atom stereocenters. The van der Waals surface area contributed by atoms with E-state index in [1.165, 1.54) is 0 Å². The highest BCUT2D eigenvalue weighted by molar-refractivity contribution is 5.87. The second-order valence-electron chi connectivity index (χ2n) is 10.2. The van der Waals surface area contributed by atoms with E-state index in [4.69, 9.17) is 0 Å². The van der Waals surface area contributed by atoms with Crippen LogP contribution in [-0.4, -0.2) is 53.1 Å². The number of rotatable bonds is 10. The molecule has 0 bridgehead atoms. The van der Waals surface area contributed by atoms with Gasteiger partial charge >= 0.3 is 12.6 Å². The van der Waals surface area contributed by atoms with Gasteiger partial charge in [-0.1, -0.05) is 52.0 Å². The molecule has 7 nitrogen and oxygen atoms in total. The van der Waals surface area contributed by atoms with Crippen molar-refractivity contribution in [2.75, 3.05) is 25.0 Å². The number of nitrogens with zero attached hydrogens (tertiary/aromatic N) is 2. The van der Waals surface area contributed by atoms with Gasteiger partial charge in [0.15, 0.2) is 0 Å². The zero-order chi connectivity index (χ0) is 26.0. The molecular formula is C26H33F2N3O4. The maximum atomic E-state index is 13.1. The van der Waals surface area contributed by atoms with Crippen LogP contribution >= 0.6 is 0 Å². The van der Waals surface area contributed by atoms with Crippen molar-refractivity contribution in [2.45, 2.75) is 59.0 Å². The lowest BCUT2D eigenvalue weighted by molar-refractivity contribution is -0.154. The van der Waals surface area contributed by atoms with E-state index in [-0.39, 0.29) is 24.1 Å². The van der Waals surface area contributed by atoms with Crippen LogP contribution in [0.3, 0.4) is 0 Å². The fourth-order valence-corrected chi connectivity index (χ4v) is 4.68. The molecule has 1 aliphatic rings. The normalized spacial score (nSPS) is 15.2. The zero-order valence-corrected chi connectivity index (χ0v) is 20.8. The summed E-state index contributed by atoms with van der Waals surface area (Å²) in [5.41, 5.74) is 1.56. The lowest BCUT2D eigenvalue weighted by Crippen LogP contribution is -2.66. The first kappa shape index (κ1) is 26.4. The topological polar surface area (TPSA) is 91.8 Å². The third kappa shape index (κ3) is 5.89. The summed E-state index contributed by atoms with van der Waals surface area (Å²) in [7, 11) is 0. The Bertz CT molecular complexity index is 1080. The third-order valence-electron chi connectivity index (χ3n) is 6.42. The number of carboxylic acids is 1. The van der Waals surface area contributed by atoms with Crippen LogP contribution in [0.1, 0.15) is 56.9 Å². The number of aryl methyl sites for hydroxylation is 1. The first-order valence-corrected chi connectivity index (χ1v) is 11.6. The number of amides is 1. The average molecular weight is 490 g/mol. The van der Waals surface area contributed by atoms with Crippen molar-refractivity contribution in [2.24, 2.45) is 5.41 Å². The summed E-state index contributed by atoms with van der Waals surface area (Å²) in [6.07, 6.45) is -0.264. The van der Waals surface area contributed by atoms with Crippen molar-refractivity contribution < 1.29 is 28.2 Å². The second-order valence-corrected chi connectivity index (χ2v) is 10.2. The molecule has 0 spiro atoms. The van der Waals surface area contributed by atoms with E-state index in [9.17, 15) is 23.5 Å². The van der Waals surface area contributed by atoms with Gasteiger partial charge in [0, 0.05) is 30.7 Å². The Kier molecular flexibility index (Phi) is 7.67. The Morgan fingerprint density at radius 3 is 2.46 bits per heavy atom. The van der Waals surface area contributed by atoms with Crippen LogP contribution in [0.5, 0.6) is 5.88 Å². The lowest BCUT2D eigenvalue weighted by Gasteiger charge is -2.53.